The minimum Gasteiger partial charge on any atom is -0.503 e. The molecule has 0 fully saturated rings. The molecule has 0 saturated carbocycles. The number of hydrogen-bond acceptors (Lipinski definition) is 5. The van der Waals surface area contributed by atoms with Crippen LogP contribution in [0.5, 0.6) is 11.5 Å². The van der Waals surface area contributed by atoms with Crippen molar-refractivity contribution in [3.8, 4) is 11.5 Å². The van der Waals surface area contributed by atoms with Crippen LogP contribution in [0.2, 0.25) is 5.02 Å². The van der Waals surface area contributed by atoms with Crippen LogP contribution in [0.3, 0.4) is 0 Å². The summed E-state index contributed by atoms with van der Waals surface area (Å²) in [5, 5.41) is 22.1. The Morgan fingerprint density at radius 3 is 2.65 bits per heavy atom. The molecule has 1 heterocycles. The fourth-order valence-corrected chi connectivity index (χ4v) is 3.46. The molecule has 0 spiro atoms. The van der Waals surface area contributed by atoms with Gasteiger partial charge in [0.05, 0.1) is 18.7 Å². The second-order valence-corrected chi connectivity index (χ2v) is 6.73. The van der Waals surface area contributed by atoms with Crippen LogP contribution in [0, 0.1) is 0 Å². The number of aromatic hydroxyl groups is 1. The number of halogens is 1. The molecular weight excluding hydrogens is 334 g/mol. The highest BCUT2D eigenvalue weighted by atomic mass is 35.5. The van der Waals surface area contributed by atoms with Crippen molar-refractivity contribution in [2.75, 3.05) is 13.7 Å². The van der Waals surface area contributed by atoms with Gasteiger partial charge < -0.3 is 14.9 Å². The summed E-state index contributed by atoms with van der Waals surface area (Å²) in [7, 11) is 1.49. The maximum atomic E-state index is 10.1. The van der Waals surface area contributed by atoms with Crippen molar-refractivity contribution in [1.29, 1.82) is 0 Å². The lowest BCUT2D eigenvalue weighted by atomic mass is 10.1. The van der Waals surface area contributed by atoms with E-state index in [9.17, 15) is 10.2 Å². The summed E-state index contributed by atoms with van der Waals surface area (Å²) in [5.74, 6) is 0.317. The summed E-state index contributed by atoms with van der Waals surface area (Å²) < 4.78 is 5.07. The number of phenolic OH excluding ortho intramolecular Hbond substituents is 1. The van der Waals surface area contributed by atoms with Crippen LogP contribution in [0.1, 0.15) is 23.8 Å². The normalized spacial score (nSPS) is 12.6. The minimum absolute atomic E-state index is 0.0393. The van der Waals surface area contributed by atoms with E-state index in [1.54, 1.807) is 17.4 Å². The van der Waals surface area contributed by atoms with Gasteiger partial charge in [-0.05, 0) is 29.5 Å². The Morgan fingerprint density at radius 2 is 2.09 bits per heavy atom. The maximum absolute atomic E-state index is 10.1. The van der Waals surface area contributed by atoms with Crippen molar-refractivity contribution in [3.63, 3.8) is 0 Å². The molecule has 2 aromatic rings. The van der Waals surface area contributed by atoms with Gasteiger partial charge in [-0.25, -0.2) is 0 Å². The molecule has 2 rings (SSSR count). The molecule has 0 bridgehead atoms. The summed E-state index contributed by atoms with van der Waals surface area (Å²) >= 11 is 7.97. The number of thiophene rings is 1. The predicted octanol–water partition coefficient (Wildman–Crippen LogP) is 3.89. The number of ether oxygens (including phenoxy) is 1. The molecular formula is C17H22ClNO3S. The van der Waals surface area contributed by atoms with E-state index in [0.717, 1.165) is 18.5 Å². The Bertz CT molecular complexity index is 615. The Morgan fingerprint density at radius 1 is 1.30 bits per heavy atom. The smallest absolute Gasteiger partial charge is 0.177 e. The van der Waals surface area contributed by atoms with E-state index in [1.807, 2.05) is 17.5 Å². The lowest BCUT2D eigenvalue weighted by Crippen LogP contribution is -2.36. The van der Waals surface area contributed by atoms with Crippen molar-refractivity contribution in [3.05, 3.63) is 45.1 Å². The van der Waals surface area contributed by atoms with E-state index in [0.29, 0.717) is 17.3 Å². The first kappa shape index (κ1) is 18.1. The number of nitrogens with zero attached hydrogens (tertiary/aromatic N) is 1. The molecule has 0 aliphatic carbocycles. The number of methoxy groups -OCH3 is 1. The van der Waals surface area contributed by atoms with E-state index in [1.165, 1.54) is 12.0 Å². The maximum Gasteiger partial charge on any atom is 0.177 e. The summed E-state index contributed by atoms with van der Waals surface area (Å²) in [4.78, 5) is 3.41. The van der Waals surface area contributed by atoms with Gasteiger partial charge in [-0.2, -0.15) is 0 Å². The minimum atomic E-state index is -0.0419. The molecule has 23 heavy (non-hydrogen) atoms. The topological polar surface area (TPSA) is 52.9 Å². The molecule has 0 unspecified atom stereocenters. The quantitative estimate of drug-likeness (QED) is 0.754. The van der Waals surface area contributed by atoms with Gasteiger partial charge in [0.15, 0.2) is 11.5 Å². The molecule has 6 heteroatoms. The van der Waals surface area contributed by atoms with Crippen molar-refractivity contribution < 1.29 is 14.9 Å². The zero-order chi connectivity index (χ0) is 16.8. The van der Waals surface area contributed by atoms with Crippen LogP contribution >= 0.6 is 22.9 Å². The van der Waals surface area contributed by atoms with Crippen LogP contribution in [-0.4, -0.2) is 34.9 Å². The number of benzene rings is 1. The van der Waals surface area contributed by atoms with Crippen LogP contribution < -0.4 is 4.74 Å². The summed E-state index contributed by atoms with van der Waals surface area (Å²) in [6, 6.07) is 7.70. The lowest BCUT2D eigenvalue weighted by Gasteiger charge is -2.30. The summed E-state index contributed by atoms with van der Waals surface area (Å²) in [5.41, 5.74) is 0.813. The number of rotatable bonds is 8. The van der Waals surface area contributed by atoms with Gasteiger partial charge in [-0.3, -0.25) is 4.90 Å². The molecule has 0 aliphatic heterocycles. The SMILES string of the molecule is CC[C@H](CO)N(Cc1cccs1)Cc1ccc(OC)c(O)c1Cl. The zero-order valence-electron chi connectivity index (χ0n) is 13.3. The highest BCUT2D eigenvalue weighted by molar-refractivity contribution is 7.09. The zero-order valence-corrected chi connectivity index (χ0v) is 14.9. The predicted molar refractivity (Wildman–Crippen MR) is 94.4 cm³/mol. The highest BCUT2D eigenvalue weighted by Gasteiger charge is 2.20. The standard InChI is InChI=1S/C17H22ClNO3S/c1-3-13(11-20)19(10-14-5-4-8-23-14)9-12-6-7-15(22-2)17(21)16(12)18/h4-8,13,20-21H,3,9-11H2,1-2H3/t13-/m1/s1. The molecule has 0 aliphatic rings. The first-order valence-corrected chi connectivity index (χ1v) is 8.78. The highest BCUT2D eigenvalue weighted by Crippen LogP contribution is 2.37. The third kappa shape index (κ3) is 4.38. The summed E-state index contributed by atoms with van der Waals surface area (Å²) in [6.45, 7) is 3.42. The monoisotopic (exact) mass is 355 g/mol. The van der Waals surface area contributed by atoms with Crippen molar-refractivity contribution >= 4 is 22.9 Å². The number of phenols is 1. The van der Waals surface area contributed by atoms with Crippen LogP contribution in [0.15, 0.2) is 29.6 Å². The number of aliphatic hydroxyl groups is 1. The summed E-state index contributed by atoms with van der Waals surface area (Å²) in [6.07, 6.45) is 0.835. The van der Waals surface area contributed by atoms with Gasteiger partial charge in [0, 0.05) is 24.0 Å². The second kappa shape index (κ2) is 8.55. The Balaban J connectivity index is 2.25. The average molecular weight is 356 g/mol. The lowest BCUT2D eigenvalue weighted by molar-refractivity contribution is 0.107. The Hall–Kier alpha value is -1.27. The van der Waals surface area contributed by atoms with Gasteiger partial charge in [-0.1, -0.05) is 30.7 Å². The Kier molecular flexibility index (Phi) is 6.72. The van der Waals surface area contributed by atoms with Crippen LogP contribution in [0.25, 0.3) is 0 Å². The van der Waals surface area contributed by atoms with Gasteiger partial charge >= 0.3 is 0 Å². The molecule has 126 valence electrons. The van der Waals surface area contributed by atoms with E-state index < -0.39 is 0 Å². The van der Waals surface area contributed by atoms with Crippen molar-refractivity contribution in [2.24, 2.45) is 0 Å². The first-order valence-electron chi connectivity index (χ1n) is 7.52. The molecule has 1 atom stereocenters. The van der Waals surface area contributed by atoms with Gasteiger partial charge in [-0.15, -0.1) is 11.3 Å². The molecule has 0 radical (unpaired) electrons. The molecule has 1 aromatic carbocycles. The van der Waals surface area contributed by atoms with E-state index in [2.05, 4.69) is 17.9 Å². The fourth-order valence-electron chi connectivity index (χ4n) is 2.51. The molecule has 0 amide bonds. The van der Waals surface area contributed by atoms with E-state index >= 15 is 0 Å². The largest absolute Gasteiger partial charge is 0.503 e. The van der Waals surface area contributed by atoms with Crippen LogP contribution in [0.4, 0.5) is 0 Å². The number of hydrogen-bond donors (Lipinski definition) is 2. The molecule has 1 aromatic heterocycles. The molecule has 0 saturated heterocycles. The first-order chi connectivity index (χ1) is 11.1. The third-order valence-electron chi connectivity index (χ3n) is 3.89. The second-order valence-electron chi connectivity index (χ2n) is 5.32. The van der Waals surface area contributed by atoms with E-state index in [4.69, 9.17) is 16.3 Å². The Labute approximate surface area is 145 Å². The van der Waals surface area contributed by atoms with Crippen molar-refractivity contribution in [2.45, 2.75) is 32.5 Å². The molecule has 4 nitrogen and oxygen atoms in total. The van der Waals surface area contributed by atoms with Gasteiger partial charge in [0.2, 0.25) is 0 Å². The van der Waals surface area contributed by atoms with E-state index in [-0.39, 0.29) is 18.4 Å². The average Bonchev–Trinajstić information content (AvgIpc) is 3.06. The van der Waals surface area contributed by atoms with Crippen molar-refractivity contribution in [1.82, 2.24) is 4.90 Å². The van der Waals surface area contributed by atoms with Gasteiger partial charge in [0.1, 0.15) is 0 Å². The van der Waals surface area contributed by atoms with Gasteiger partial charge in [0.25, 0.3) is 0 Å². The third-order valence-corrected chi connectivity index (χ3v) is 5.17. The fraction of sp³-hybridized carbons (Fsp3) is 0.412. The molecule has 2 N–H and O–H groups in total. The number of aliphatic hydroxyl groups excluding tert-OH is 1. The van der Waals surface area contributed by atoms with Crippen LogP contribution in [-0.2, 0) is 13.1 Å².